The molecule has 0 saturated carbocycles. The Kier molecular flexibility index (Phi) is 4.88. The number of hydrogen-bond donors (Lipinski definition) is 1. The number of carbonyl (C=O) groups excluding carboxylic acids is 1. The maximum atomic E-state index is 12.6. The summed E-state index contributed by atoms with van der Waals surface area (Å²) in [5.41, 5.74) is -0.415. The molecule has 2 heterocycles. The number of amides is 1. The molecule has 136 valence electrons. The molecule has 2 aromatic heterocycles. The summed E-state index contributed by atoms with van der Waals surface area (Å²) in [5.74, 6) is -0.241. The monoisotopic (exact) mass is 353 g/mol. The highest BCUT2D eigenvalue weighted by molar-refractivity contribution is 5.81. The van der Waals surface area contributed by atoms with Gasteiger partial charge in [-0.25, -0.2) is 9.67 Å². The Morgan fingerprint density at radius 1 is 1.27 bits per heavy atom. The first-order valence-electron chi connectivity index (χ1n) is 8.54. The number of fused-ring (bicyclic) bond motifs is 1. The predicted octanol–water partition coefficient (Wildman–Crippen LogP) is 1.82. The molecule has 0 aliphatic heterocycles. The van der Waals surface area contributed by atoms with Gasteiger partial charge in [0.2, 0.25) is 5.91 Å². The highest BCUT2D eigenvalue weighted by atomic mass is 16.2. The van der Waals surface area contributed by atoms with Crippen molar-refractivity contribution in [3.8, 4) is 0 Å². The summed E-state index contributed by atoms with van der Waals surface area (Å²) in [7, 11) is 0. The zero-order valence-electron chi connectivity index (χ0n) is 15.2. The van der Waals surface area contributed by atoms with Gasteiger partial charge in [-0.3, -0.25) is 9.59 Å². The average Bonchev–Trinajstić information content (AvgIpc) is 3.09. The van der Waals surface area contributed by atoms with E-state index >= 15 is 0 Å². The molecular weight excluding hydrogens is 330 g/mol. The van der Waals surface area contributed by atoms with Gasteiger partial charge in [0.25, 0.3) is 5.56 Å². The van der Waals surface area contributed by atoms with Crippen molar-refractivity contribution in [3.63, 3.8) is 0 Å². The van der Waals surface area contributed by atoms with Crippen LogP contribution in [0.15, 0.2) is 54.0 Å². The Bertz CT molecular complexity index is 954. The number of rotatable bonds is 5. The number of aromatic nitrogens is 4. The summed E-state index contributed by atoms with van der Waals surface area (Å²) in [5, 5.41) is 8.47. The van der Waals surface area contributed by atoms with Crippen LogP contribution in [0.5, 0.6) is 0 Å². The van der Waals surface area contributed by atoms with E-state index < -0.39 is 0 Å². The van der Waals surface area contributed by atoms with Crippen molar-refractivity contribution in [2.45, 2.75) is 39.9 Å². The number of nitrogens with one attached hydrogen (secondary N) is 1. The Labute approximate surface area is 151 Å². The second-order valence-electron chi connectivity index (χ2n) is 7.44. The van der Waals surface area contributed by atoms with Gasteiger partial charge in [0.1, 0.15) is 6.54 Å². The van der Waals surface area contributed by atoms with Crippen molar-refractivity contribution >= 4 is 16.7 Å². The first-order chi connectivity index (χ1) is 12.3. The largest absolute Gasteiger partial charge is 0.349 e. The lowest BCUT2D eigenvalue weighted by Crippen LogP contribution is -2.48. The highest BCUT2D eigenvalue weighted by Crippen LogP contribution is 2.20. The molecular formula is C19H23N5O2. The van der Waals surface area contributed by atoms with Crippen LogP contribution in [0, 0.1) is 5.41 Å². The van der Waals surface area contributed by atoms with E-state index in [1.807, 2.05) is 22.9 Å². The minimum atomic E-state index is -0.264. The zero-order chi connectivity index (χ0) is 18.7. The summed E-state index contributed by atoms with van der Waals surface area (Å²) in [6.45, 7) is 6.69. The fraction of sp³-hybridized carbons (Fsp3) is 0.368. The van der Waals surface area contributed by atoms with Crippen LogP contribution in [-0.2, 0) is 17.9 Å². The zero-order valence-corrected chi connectivity index (χ0v) is 15.2. The van der Waals surface area contributed by atoms with Crippen molar-refractivity contribution in [3.05, 3.63) is 59.5 Å². The van der Waals surface area contributed by atoms with Crippen LogP contribution in [0.25, 0.3) is 10.8 Å². The first-order valence-corrected chi connectivity index (χ1v) is 8.54. The Hall–Kier alpha value is -2.96. The van der Waals surface area contributed by atoms with Crippen molar-refractivity contribution in [2.24, 2.45) is 5.41 Å². The molecule has 1 atom stereocenters. The second kappa shape index (κ2) is 7.11. The molecule has 7 heteroatoms. The van der Waals surface area contributed by atoms with E-state index in [0.717, 1.165) is 5.39 Å². The molecule has 0 aliphatic carbocycles. The van der Waals surface area contributed by atoms with E-state index in [4.69, 9.17) is 0 Å². The average molecular weight is 353 g/mol. The Morgan fingerprint density at radius 2 is 2.04 bits per heavy atom. The number of imidazole rings is 1. The minimum Gasteiger partial charge on any atom is -0.349 e. The van der Waals surface area contributed by atoms with Gasteiger partial charge in [0, 0.05) is 24.3 Å². The summed E-state index contributed by atoms with van der Waals surface area (Å²) in [4.78, 5) is 29.1. The van der Waals surface area contributed by atoms with Gasteiger partial charge in [0.05, 0.1) is 24.0 Å². The lowest BCUT2D eigenvalue weighted by Gasteiger charge is -2.31. The van der Waals surface area contributed by atoms with E-state index in [9.17, 15) is 9.59 Å². The SMILES string of the molecule is CC(C)(C)[C@H](Cn1ccnc1)NC(=O)Cn1ncc2ccccc2c1=O. The summed E-state index contributed by atoms with van der Waals surface area (Å²) < 4.78 is 3.13. The van der Waals surface area contributed by atoms with Crippen LogP contribution in [0.1, 0.15) is 20.8 Å². The van der Waals surface area contributed by atoms with E-state index in [1.54, 1.807) is 30.9 Å². The van der Waals surface area contributed by atoms with E-state index in [2.05, 4.69) is 36.2 Å². The maximum absolute atomic E-state index is 12.6. The lowest BCUT2D eigenvalue weighted by molar-refractivity contribution is -0.123. The molecule has 1 aromatic carbocycles. The first kappa shape index (κ1) is 17.8. The van der Waals surface area contributed by atoms with Gasteiger partial charge < -0.3 is 9.88 Å². The minimum absolute atomic E-state index is 0.111. The van der Waals surface area contributed by atoms with Crippen LogP contribution in [-0.4, -0.2) is 31.3 Å². The summed E-state index contributed by atoms with van der Waals surface area (Å²) >= 11 is 0. The fourth-order valence-electron chi connectivity index (χ4n) is 2.76. The third kappa shape index (κ3) is 3.99. The predicted molar refractivity (Wildman–Crippen MR) is 99.6 cm³/mol. The number of benzene rings is 1. The molecule has 26 heavy (non-hydrogen) atoms. The van der Waals surface area contributed by atoms with Crippen LogP contribution >= 0.6 is 0 Å². The molecule has 0 bridgehead atoms. The Morgan fingerprint density at radius 3 is 2.73 bits per heavy atom. The molecule has 0 radical (unpaired) electrons. The smallest absolute Gasteiger partial charge is 0.275 e. The maximum Gasteiger partial charge on any atom is 0.275 e. The number of hydrogen-bond acceptors (Lipinski definition) is 4. The molecule has 7 nitrogen and oxygen atoms in total. The normalized spacial score (nSPS) is 12.9. The van der Waals surface area contributed by atoms with Crippen molar-refractivity contribution < 1.29 is 4.79 Å². The van der Waals surface area contributed by atoms with Crippen molar-refractivity contribution in [2.75, 3.05) is 0 Å². The summed E-state index contributed by atoms with van der Waals surface area (Å²) in [6, 6.07) is 7.11. The van der Waals surface area contributed by atoms with E-state index in [1.165, 1.54) is 4.68 Å². The molecule has 0 fully saturated rings. The van der Waals surface area contributed by atoms with Gasteiger partial charge >= 0.3 is 0 Å². The van der Waals surface area contributed by atoms with Crippen molar-refractivity contribution in [1.29, 1.82) is 0 Å². The fourth-order valence-corrected chi connectivity index (χ4v) is 2.76. The third-order valence-electron chi connectivity index (χ3n) is 4.39. The molecule has 0 aliphatic rings. The molecule has 0 saturated heterocycles. The van der Waals surface area contributed by atoms with Gasteiger partial charge in [-0.1, -0.05) is 39.0 Å². The standard InChI is InChI=1S/C19H23N5O2/c1-19(2,3)16(11-23-9-8-20-13-23)22-17(25)12-24-18(26)15-7-5-4-6-14(15)10-21-24/h4-10,13,16H,11-12H2,1-3H3,(H,22,25)/t16-/m0/s1. The van der Waals surface area contributed by atoms with Gasteiger partial charge in [-0.2, -0.15) is 5.10 Å². The molecule has 0 spiro atoms. The van der Waals surface area contributed by atoms with Crippen LogP contribution in [0.4, 0.5) is 0 Å². The third-order valence-corrected chi connectivity index (χ3v) is 4.39. The van der Waals surface area contributed by atoms with E-state index in [-0.39, 0.29) is 29.5 Å². The van der Waals surface area contributed by atoms with Crippen LogP contribution in [0.3, 0.4) is 0 Å². The lowest BCUT2D eigenvalue weighted by atomic mass is 9.86. The van der Waals surface area contributed by atoms with Gasteiger partial charge in [-0.05, 0) is 11.5 Å². The van der Waals surface area contributed by atoms with Gasteiger partial charge in [0.15, 0.2) is 0 Å². The van der Waals surface area contributed by atoms with Gasteiger partial charge in [-0.15, -0.1) is 0 Å². The Balaban J connectivity index is 1.76. The summed E-state index contributed by atoms with van der Waals surface area (Å²) in [6.07, 6.45) is 6.90. The number of nitrogens with zero attached hydrogens (tertiary/aromatic N) is 4. The quantitative estimate of drug-likeness (QED) is 0.759. The molecule has 3 aromatic rings. The van der Waals surface area contributed by atoms with Crippen LogP contribution < -0.4 is 10.9 Å². The number of carbonyl (C=O) groups is 1. The highest BCUT2D eigenvalue weighted by Gasteiger charge is 2.26. The van der Waals surface area contributed by atoms with Crippen molar-refractivity contribution in [1.82, 2.24) is 24.6 Å². The second-order valence-corrected chi connectivity index (χ2v) is 7.44. The molecule has 3 rings (SSSR count). The molecule has 1 amide bonds. The molecule has 1 N–H and O–H groups in total. The van der Waals surface area contributed by atoms with E-state index in [0.29, 0.717) is 11.9 Å². The van der Waals surface area contributed by atoms with Crippen LogP contribution in [0.2, 0.25) is 0 Å². The molecule has 0 unspecified atom stereocenters. The topological polar surface area (TPSA) is 81.8 Å².